The number of nitrogens with one attached hydrogen (secondary N) is 1. The Hall–Kier alpha value is -1.68. The van der Waals surface area contributed by atoms with Crippen molar-refractivity contribution in [2.75, 3.05) is 39.8 Å². The van der Waals surface area contributed by atoms with Gasteiger partial charge in [0.2, 0.25) is 5.89 Å². The van der Waals surface area contributed by atoms with Gasteiger partial charge < -0.3 is 14.7 Å². The maximum Gasteiger partial charge on any atom is 0.228 e. The number of halogens is 1. The highest BCUT2D eigenvalue weighted by Gasteiger charge is 2.19. The van der Waals surface area contributed by atoms with E-state index in [9.17, 15) is 0 Å². The van der Waals surface area contributed by atoms with Crippen molar-refractivity contribution in [3.63, 3.8) is 0 Å². The zero-order chi connectivity index (χ0) is 17.5. The third-order valence-corrected chi connectivity index (χ3v) is 4.32. The minimum absolute atomic E-state index is 0. The van der Waals surface area contributed by atoms with E-state index in [0.717, 1.165) is 45.2 Å². The normalized spacial score (nSPS) is 15.6. The summed E-state index contributed by atoms with van der Waals surface area (Å²) in [7, 11) is 1.83. The number of nitrogens with zero attached hydrogens (tertiary/aromatic N) is 5. The molecular weight excluding hydrogens is 443 g/mol. The summed E-state index contributed by atoms with van der Waals surface area (Å²) in [4.78, 5) is 13.4. The lowest BCUT2D eigenvalue weighted by atomic mass is 10.2. The first-order valence-corrected chi connectivity index (χ1v) is 8.75. The van der Waals surface area contributed by atoms with Gasteiger partial charge in [-0.25, -0.2) is 0 Å². The molecule has 1 saturated heterocycles. The van der Waals surface area contributed by atoms with E-state index in [1.807, 2.05) is 14.0 Å². The van der Waals surface area contributed by atoms with Gasteiger partial charge >= 0.3 is 0 Å². The number of hydrogen-bond donors (Lipinski definition) is 1. The highest BCUT2D eigenvalue weighted by Crippen LogP contribution is 2.08. The second kappa shape index (κ2) is 10.5. The molecule has 8 heteroatoms. The molecule has 1 aromatic carbocycles. The minimum atomic E-state index is 0. The summed E-state index contributed by atoms with van der Waals surface area (Å²) in [6, 6.07) is 10.6. The number of hydrogen-bond acceptors (Lipinski definition) is 5. The second-order valence-electron chi connectivity index (χ2n) is 6.21. The van der Waals surface area contributed by atoms with E-state index < -0.39 is 0 Å². The van der Waals surface area contributed by atoms with E-state index in [1.54, 1.807) is 0 Å². The van der Waals surface area contributed by atoms with Gasteiger partial charge in [0, 0.05) is 52.7 Å². The maximum atomic E-state index is 5.13. The molecule has 1 aliphatic heterocycles. The SMILES string of the molecule is CN=C(NCCc1nc(C)no1)N1CCN(Cc2ccccc2)CC1.I. The van der Waals surface area contributed by atoms with Gasteiger partial charge in [-0.3, -0.25) is 9.89 Å². The molecule has 0 amide bonds. The van der Waals surface area contributed by atoms with Crippen molar-refractivity contribution in [1.82, 2.24) is 25.3 Å². The summed E-state index contributed by atoms with van der Waals surface area (Å²) >= 11 is 0. The summed E-state index contributed by atoms with van der Waals surface area (Å²) in [5.41, 5.74) is 1.37. The molecule has 0 unspecified atom stereocenters. The lowest BCUT2D eigenvalue weighted by molar-refractivity contribution is 0.172. The van der Waals surface area contributed by atoms with Crippen LogP contribution in [-0.2, 0) is 13.0 Å². The van der Waals surface area contributed by atoms with Gasteiger partial charge in [-0.15, -0.1) is 24.0 Å². The zero-order valence-corrected chi connectivity index (χ0v) is 17.7. The first-order chi connectivity index (χ1) is 12.2. The van der Waals surface area contributed by atoms with Gasteiger partial charge in [0.05, 0.1) is 0 Å². The smallest absolute Gasteiger partial charge is 0.228 e. The summed E-state index contributed by atoms with van der Waals surface area (Å²) in [6.45, 7) is 7.61. The van der Waals surface area contributed by atoms with Gasteiger partial charge in [0.1, 0.15) is 0 Å². The number of benzene rings is 1. The van der Waals surface area contributed by atoms with Crippen molar-refractivity contribution in [1.29, 1.82) is 0 Å². The number of guanidine groups is 1. The van der Waals surface area contributed by atoms with Gasteiger partial charge in [-0.1, -0.05) is 35.5 Å². The predicted octanol–water partition coefficient (Wildman–Crippen LogP) is 1.93. The molecule has 0 atom stereocenters. The topological polar surface area (TPSA) is 69.8 Å². The quantitative estimate of drug-likeness (QED) is 0.409. The molecule has 1 aromatic heterocycles. The van der Waals surface area contributed by atoms with Crippen LogP contribution in [0.5, 0.6) is 0 Å². The Kier molecular flexibility index (Phi) is 8.30. The van der Waals surface area contributed by atoms with Crippen LogP contribution in [0.15, 0.2) is 39.8 Å². The minimum Gasteiger partial charge on any atom is -0.356 e. The van der Waals surface area contributed by atoms with E-state index in [-0.39, 0.29) is 24.0 Å². The van der Waals surface area contributed by atoms with Gasteiger partial charge in [-0.05, 0) is 12.5 Å². The molecule has 2 aromatic rings. The molecule has 0 saturated carbocycles. The van der Waals surface area contributed by atoms with Crippen molar-refractivity contribution in [3.05, 3.63) is 47.6 Å². The van der Waals surface area contributed by atoms with Crippen LogP contribution in [0, 0.1) is 6.92 Å². The average Bonchev–Trinajstić information content (AvgIpc) is 3.06. The van der Waals surface area contributed by atoms with E-state index in [0.29, 0.717) is 18.1 Å². The van der Waals surface area contributed by atoms with Crippen molar-refractivity contribution in [2.45, 2.75) is 19.9 Å². The van der Waals surface area contributed by atoms with Gasteiger partial charge in [-0.2, -0.15) is 4.98 Å². The molecule has 1 fully saturated rings. The first kappa shape index (κ1) is 20.6. The summed E-state index contributed by atoms with van der Waals surface area (Å²) in [6.07, 6.45) is 0.702. The molecule has 26 heavy (non-hydrogen) atoms. The molecule has 2 heterocycles. The highest BCUT2D eigenvalue weighted by molar-refractivity contribution is 14.0. The second-order valence-corrected chi connectivity index (χ2v) is 6.21. The third kappa shape index (κ3) is 5.94. The summed E-state index contributed by atoms with van der Waals surface area (Å²) in [5, 5.41) is 7.20. The number of rotatable bonds is 5. The Balaban J connectivity index is 0.00000243. The molecule has 0 spiro atoms. The van der Waals surface area contributed by atoms with Gasteiger partial charge in [0.15, 0.2) is 11.8 Å². The molecule has 1 aliphatic rings. The Morgan fingerprint density at radius 2 is 1.92 bits per heavy atom. The van der Waals surface area contributed by atoms with E-state index in [4.69, 9.17) is 4.52 Å². The van der Waals surface area contributed by atoms with Crippen LogP contribution in [0.1, 0.15) is 17.3 Å². The van der Waals surface area contributed by atoms with Crippen LogP contribution in [0.3, 0.4) is 0 Å². The molecule has 0 radical (unpaired) electrons. The van der Waals surface area contributed by atoms with Crippen LogP contribution in [-0.4, -0.2) is 65.7 Å². The number of piperazine rings is 1. The Morgan fingerprint density at radius 1 is 1.19 bits per heavy atom. The largest absolute Gasteiger partial charge is 0.356 e. The fraction of sp³-hybridized carbons (Fsp3) is 0.500. The number of aliphatic imine (C=N–C) groups is 1. The van der Waals surface area contributed by atoms with Crippen molar-refractivity contribution in [2.24, 2.45) is 4.99 Å². The predicted molar refractivity (Wildman–Crippen MR) is 113 cm³/mol. The molecule has 0 bridgehead atoms. The van der Waals surface area contributed by atoms with Gasteiger partial charge in [0.25, 0.3) is 0 Å². The Morgan fingerprint density at radius 3 is 2.54 bits per heavy atom. The molecule has 1 N–H and O–H groups in total. The van der Waals surface area contributed by atoms with Crippen molar-refractivity contribution >= 4 is 29.9 Å². The fourth-order valence-corrected chi connectivity index (χ4v) is 3.01. The van der Waals surface area contributed by atoms with Crippen LogP contribution in [0.2, 0.25) is 0 Å². The molecule has 142 valence electrons. The first-order valence-electron chi connectivity index (χ1n) is 8.75. The highest BCUT2D eigenvalue weighted by atomic mass is 127. The Labute approximate surface area is 171 Å². The maximum absolute atomic E-state index is 5.13. The van der Waals surface area contributed by atoms with E-state index in [2.05, 4.69) is 60.6 Å². The average molecular weight is 470 g/mol. The van der Waals surface area contributed by atoms with Crippen molar-refractivity contribution in [3.8, 4) is 0 Å². The van der Waals surface area contributed by atoms with Crippen molar-refractivity contribution < 1.29 is 4.52 Å². The molecule has 3 rings (SSSR count). The van der Waals surface area contributed by atoms with E-state index in [1.165, 1.54) is 5.56 Å². The molecule has 7 nitrogen and oxygen atoms in total. The van der Waals surface area contributed by atoms with Crippen LogP contribution in [0.25, 0.3) is 0 Å². The number of aryl methyl sites for hydroxylation is 1. The third-order valence-electron chi connectivity index (χ3n) is 4.32. The summed E-state index contributed by atoms with van der Waals surface area (Å²) in [5.74, 6) is 2.28. The zero-order valence-electron chi connectivity index (χ0n) is 15.4. The summed E-state index contributed by atoms with van der Waals surface area (Å²) < 4.78 is 5.13. The fourth-order valence-electron chi connectivity index (χ4n) is 3.01. The van der Waals surface area contributed by atoms with Crippen LogP contribution in [0.4, 0.5) is 0 Å². The lowest BCUT2D eigenvalue weighted by Gasteiger charge is -2.36. The number of aromatic nitrogens is 2. The lowest BCUT2D eigenvalue weighted by Crippen LogP contribution is -2.52. The van der Waals surface area contributed by atoms with E-state index >= 15 is 0 Å². The monoisotopic (exact) mass is 470 g/mol. The molecule has 0 aliphatic carbocycles. The van der Waals surface area contributed by atoms with Crippen LogP contribution < -0.4 is 5.32 Å². The Bertz CT molecular complexity index is 682. The van der Waals surface area contributed by atoms with Crippen LogP contribution >= 0.6 is 24.0 Å². The standard InChI is InChI=1S/C18H26N6O.HI/c1-15-21-17(25-22-15)8-9-20-18(19-2)24-12-10-23(11-13-24)14-16-6-4-3-5-7-16;/h3-7H,8-14H2,1-2H3,(H,19,20);1H. The molecular formula is C18H27IN6O.